The van der Waals surface area contributed by atoms with Gasteiger partial charge in [-0.05, 0) is 47.4 Å². The Morgan fingerprint density at radius 3 is 2.89 bits per heavy atom. The highest BCUT2D eigenvalue weighted by Gasteiger charge is 2.34. The third kappa shape index (κ3) is 4.33. The van der Waals surface area contributed by atoms with Crippen LogP contribution in [0.1, 0.15) is 15.2 Å². The predicted octanol–water partition coefficient (Wildman–Crippen LogP) is 3.21. The Labute approximate surface area is 174 Å². The highest BCUT2D eigenvalue weighted by molar-refractivity contribution is 8.26. The van der Waals surface area contributed by atoms with Crippen LogP contribution in [-0.4, -0.2) is 34.9 Å². The van der Waals surface area contributed by atoms with Crippen LogP contribution in [0.3, 0.4) is 0 Å². The van der Waals surface area contributed by atoms with Crippen LogP contribution >= 0.6 is 35.3 Å². The Kier molecular flexibility index (Phi) is 6.30. The van der Waals surface area contributed by atoms with Crippen molar-refractivity contribution < 1.29 is 19.1 Å². The van der Waals surface area contributed by atoms with E-state index in [1.807, 2.05) is 6.07 Å². The summed E-state index contributed by atoms with van der Waals surface area (Å²) < 4.78 is 10.8. The van der Waals surface area contributed by atoms with E-state index in [4.69, 9.17) is 27.0 Å². The van der Waals surface area contributed by atoms with Crippen LogP contribution in [0.15, 0.2) is 40.6 Å². The van der Waals surface area contributed by atoms with E-state index in [-0.39, 0.29) is 10.9 Å². The van der Waals surface area contributed by atoms with E-state index in [0.717, 1.165) is 16.8 Å². The lowest BCUT2D eigenvalue weighted by Crippen LogP contribution is -2.44. The van der Waals surface area contributed by atoms with E-state index in [1.165, 1.54) is 18.4 Å². The standard InChI is InChI=1S/C18H13N3O4S3/c1-24-13-9-11(4-5-12(13)25-7-6-19)10-15-17(23)21(18(26)28-15)20-16(22)14-3-2-8-27-14/h2-5,8-10H,7H2,1H3,(H,20,22)/b15-10-. The summed E-state index contributed by atoms with van der Waals surface area (Å²) in [6.07, 6.45) is 1.65. The number of thioether (sulfide) groups is 1. The molecule has 1 aliphatic heterocycles. The lowest BCUT2D eigenvalue weighted by molar-refractivity contribution is -0.123. The average molecular weight is 432 g/mol. The number of hydrogen-bond acceptors (Lipinski definition) is 8. The summed E-state index contributed by atoms with van der Waals surface area (Å²) in [4.78, 5) is 25.7. The van der Waals surface area contributed by atoms with Gasteiger partial charge in [0.15, 0.2) is 22.4 Å². The van der Waals surface area contributed by atoms with E-state index in [2.05, 4.69) is 5.43 Å². The van der Waals surface area contributed by atoms with E-state index in [1.54, 1.807) is 41.8 Å². The van der Waals surface area contributed by atoms with Gasteiger partial charge in [-0.25, -0.2) is 0 Å². The number of amides is 2. The first-order chi connectivity index (χ1) is 13.5. The van der Waals surface area contributed by atoms with Crippen molar-refractivity contribution in [3.8, 4) is 17.6 Å². The quantitative estimate of drug-likeness (QED) is 0.555. The van der Waals surface area contributed by atoms with E-state index < -0.39 is 11.8 Å². The number of hydrogen-bond donors (Lipinski definition) is 1. The van der Waals surface area contributed by atoms with Crippen LogP contribution in [0.5, 0.6) is 11.5 Å². The van der Waals surface area contributed by atoms with E-state index >= 15 is 0 Å². The zero-order valence-electron chi connectivity index (χ0n) is 14.5. The minimum Gasteiger partial charge on any atom is -0.493 e. The fraction of sp³-hybridized carbons (Fsp3) is 0.111. The molecule has 1 aromatic carbocycles. The number of nitrogens with zero attached hydrogens (tertiary/aromatic N) is 2. The fourth-order valence-corrected chi connectivity index (χ4v) is 4.08. The summed E-state index contributed by atoms with van der Waals surface area (Å²) in [5.41, 5.74) is 3.21. The molecule has 2 aromatic rings. The molecule has 1 fully saturated rings. The number of thiophene rings is 1. The molecule has 0 unspecified atom stereocenters. The van der Waals surface area contributed by atoms with Gasteiger partial charge in [0.2, 0.25) is 0 Å². The van der Waals surface area contributed by atoms with Crippen molar-refractivity contribution in [1.29, 1.82) is 5.26 Å². The Morgan fingerprint density at radius 1 is 1.39 bits per heavy atom. The molecular formula is C18H13N3O4S3. The van der Waals surface area contributed by atoms with Crippen molar-refractivity contribution in [2.45, 2.75) is 0 Å². The Bertz CT molecular complexity index is 996. The normalized spacial score (nSPS) is 14.9. The SMILES string of the molecule is COc1cc(/C=C2\SC(=S)N(NC(=O)c3cccs3)C2=O)ccc1OCC#N. The zero-order valence-corrected chi connectivity index (χ0v) is 17.0. The maximum atomic E-state index is 12.6. The topological polar surface area (TPSA) is 91.7 Å². The van der Waals surface area contributed by atoms with Gasteiger partial charge in [0.25, 0.3) is 11.8 Å². The molecule has 0 radical (unpaired) electrons. The number of methoxy groups -OCH3 is 1. The lowest BCUT2D eigenvalue weighted by Gasteiger charge is -2.14. The number of ether oxygens (including phenoxy) is 2. The molecule has 1 saturated heterocycles. The molecule has 1 N–H and O–H groups in total. The Hall–Kier alpha value is -2.87. The first-order valence-electron chi connectivity index (χ1n) is 7.83. The second-order valence-electron chi connectivity index (χ2n) is 5.29. The second kappa shape index (κ2) is 8.88. The molecule has 0 saturated carbocycles. The van der Waals surface area contributed by atoms with Crippen LogP contribution in [0.25, 0.3) is 6.08 Å². The molecule has 142 valence electrons. The molecule has 0 atom stereocenters. The zero-order chi connectivity index (χ0) is 20.1. The fourth-order valence-electron chi connectivity index (χ4n) is 2.28. The minimum atomic E-state index is -0.413. The van der Waals surface area contributed by atoms with Crippen LogP contribution in [0, 0.1) is 11.3 Å². The molecule has 3 rings (SSSR count). The molecule has 28 heavy (non-hydrogen) atoms. The second-order valence-corrected chi connectivity index (χ2v) is 7.92. The van der Waals surface area contributed by atoms with Gasteiger partial charge in [0.05, 0.1) is 16.9 Å². The number of benzene rings is 1. The van der Waals surface area contributed by atoms with Gasteiger partial charge >= 0.3 is 0 Å². The monoisotopic (exact) mass is 431 g/mol. The first kappa shape index (κ1) is 19.9. The van der Waals surface area contributed by atoms with Gasteiger partial charge in [-0.15, -0.1) is 11.3 Å². The molecule has 10 heteroatoms. The smallest absolute Gasteiger partial charge is 0.285 e. The van der Waals surface area contributed by atoms with E-state index in [0.29, 0.717) is 26.8 Å². The van der Waals surface area contributed by atoms with Gasteiger partial charge in [-0.2, -0.15) is 10.3 Å². The highest BCUT2D eigenvalue weighted by Crippen LogP contribution is 2.34. The van der Waals surface area contributed by atoms with Crippen molar-refractivity contribution >= 4 is 57.5 Å². The molecule has 0 bridgehead atoms. The molecule has 1 aliphatic rings. The van der Waals surface area contributed by atoms with Crippen molar-refractivity contribution in [1.82, 2.24) is 10.4 Å². The molecule has 0 spiro atoms. The average Bonchev–Trinajstić information content (AvgIpc) is 3.32. The van der Waals surface area contributed by atoms with E-state index in [9.17, 15) is 9.59 Å². The van der Waals surface area contributed by atoms with Gasteiger partial charge in [0.1, 0.15) is 6.07 Å². The maximum Gasteiger partial charge on any atom is 0.285 e. The number of nitriles is 1. The summed E-state index contributed by atoms with van der Waals surface area (Å²) in [6.45, 7) is -0.0989. The van der Waals surface area contributed by atoms with Gasteiger partial charge < -0.3 is 9.47 Å². The summed E-state index contributed by atoms with van der Waals surface area (Å²) in [6, 6.07) is 10.4. The van der Waals surface area contributed by atoms with Crippen molar-refractivity contribution in [3.63, 3.8) is 0 Å². The number of nitrogens with one attached hydrogen (secondary N) is 1. The number of thiocarbonyl (C=S) groups is 1. The third-order valence-corrected chi connectivity index (χ3v) is 5.70. The summed E-state index contributed by atoms with van der Waals surface area (Å²) in [7, 11) is 1.48. The predicted molar refractivity (Wildman–Crippen MR) is 111 cm³/mol. The summed E-state index contributed by atoms with van der Waals surface area (Å²) >= 11 is 7.58. The van der Waals surface area contributed by atoms with Crippen molar-refractivity contribution in [3.05, 3.63) is 51.1 Å². The Balaban J connectivity index is 1.78. The first-order valence-corrected chi connectivity index (χ1v) is 9.94. The van der Waals surface area contributed by atoms with Gasteiger partial charge in [0, 0.05) is 0 Å². The van der Waals surface area contributed by atoms with Crippen LogP contribution in [0.4, 0.5) is 0 Å². The lowest BCUT2D eigenvalue weighted by atomic mass is 10.2. The molecule has 1 aromatic heterocycles. The van der Waals surface area contributed by atoms with Crippen LogP contribution < -0.4 is 14.9 Å². The molecule has 2 heterocycles. The molecule has 7 nitrogen and oxygen atoms in total. The molecule has 0 aliphatic carbocycles. The molecular weight excluding hydrogens is 418 g/mol. The summed E-state index contributed by atoms with van der Waals surface area (Å²) in [5, 5.41) is 11.5. The number of carbonyl (C=O) groups is 2. The molecule has 2 amide bonds. The largest absolute Gasteiger partial charge is 0.493 e. The van der Waals surface area contributed by atoms with Gasteiger partial charge in [-0.3, -0.25) is 15.0 Å². The van der Waals surface area contributed by atoms with Crippen LogP contribution in [-0.2, 0) is 4.79 Å². The van der Waals surface area contributed by atoms with Crippen molar-refractivity contribution in [2.24, 2.45) is 0 Å². The van der Waals surface area contributed by atoms with Gasteiger partial charge in [-0.1, -0.05) is 23.9 Å². The maximum absolute atomic E-state index is 12.6. The minimum absolute atomic E-state index is 0.0989. The van der Waals surface area contributed by atoms with Crippen molar-refractivity contribution in [2.75, 3.05) is 13.7 Å². The summed E-state index contributed by atoms with van der Waals surface area (Å²) in [5.74, 6) is 0.0549. The number of carbonyl (C=O) groups excluding carboxylic acids is 2. The number of rotatable bonds is 6. The Morgan fingerprint density at radius 2 is 2.21 bits per heavy atom. The number of hydrazine groups is 1. The highest BCUT2D eigenvalue weighted by atomic mass is 32.2. The van der Waals surface area contributed by atoms with Crippen LogP contribution in [0.2, 0.25) is 0 Å². The third-order valence-electron chi connectivity index (χ3n) is 3.53.